The molecule has 1 aliphatic heterocycles. The highest BCUT2D eigenvalue weighted by Crippen LogP contribution is 2.31. The first-order valence-electron chi connectivity index (χ1n) is 22.4. The Morgan fingerprint density at radius 1 is 0.471 bits per heavy atom. The summed E-state index contributed by atoms with van der Waals surface area (Å²) in [5.74, 6) is 0. The van der Waals surface area contributed by atoms with Crippen molar-refractivity contribution >= 4 is 24.4 Å². The third-order valence-corrected chi connectivity index (χ3v) is 11.3. The zero-order chi connectivity index (χ0) is 47.5. The van der Waals surface area contributed by atoms with Gasteiger partial charge in [-0.3, -0.25) is 0 Å². The van der Waals surface area contributed by atoms with Gasteiger partial charge in [-0.15, -0.1) is 0 Å². The van der Waals surface area contributed by atoms with Gasteiger partial charge in [-0.2, -0.15) is 0 Å². The van der Waals surface area contributed by atoms with Crippen LogP contribution in [0.1, 0.15) is 40.7 Å². The molecule has 9 atom stereocenters. The Morgan fingerprint density at radius 2 is 0.868 bits per heavy atom. The van der Waals surface area contributed by atoms with Crippen LogP contribution in [0.25, 0.3) is 0 Å². The van der Waals surface area contributed by atoms with Gasteiger partial charge in [0.2, 0.25) is 0 Å². The lowest BCUT2D eigenvalue weighted by atomic mass is 9.81. The highest BCUT2D eigenvalue weighted by molar-refractivity contribution is 5.69. The molecule has 5 aromatic rings. The fourth-order valence-corrected chi connectivity index (χ4v) is 7.81. The summed E-state index contributed by atoms with van der Waals surface area (Å²) in [6.45, 7) is -0.308. The zero-order valence-corrected chi connectivity index (χ0v) is 37.2. The summed E-state index contributed by atoms with van der Waals surface area (Å²) < 4.78 is 41.6. The van der Waals surface area contributed by atoms with E-state index in [2.05, 4.69) is 21.3 Å². The molecule has 4 unspecified atom stereocenters. The Hall–Kier alpha value is -7.02. The largest absolute Gasteiger partial charge is 0.445 e. The average Bonchev–Trinajstić information content (AvgIpc) is 3.37. The van der Waals surface area contributed by atoms with Crippen LogP contribution in [0.15, 0.2) is 152 Å². The number of nitrogens with one attached hydrogen (secondary N) is 4. The molecule has 4 amide bonds. The normalized spacial score (nSPS) is 23.2. The van der Waals surface area contributed by atoms with Crippen molar-refractivity contribution < 1.29 is 62.5 Å². The molecular formula is C51H56N4O13. The molecular weight excluding hydrogens is 877 g/mol. The second-order valence-electron chi connectivity index (χ2n) is 16.3. The second kappa shape index (κ2) is 25.2. The first-order valence-corrected chi connectivity index (χ1v) is 22.4. The lowest BCUT2D eigenvalue weighted by Crippen LogP contribution is -2.73. The topological polar surface area (TPSA) is 221 Å². The van der Waals surface area contributed by atoms with E-state index in [1.54, 1.807) is 60.7 Å². The van der Waals surface area contributed by atoms with E-state index in [9.17, 15) is 29.4 Å². The average molecular weight is 933 g/mol. The fourth-order valence-electron chi connectivity index (χ4n) is 7.81. The van der Waals surface area contributed by atoms with Crippen molar-refractivity contribution in [3.05, 3.63) is 179 Å². The summed E-state index contributed by atoms with van der Waals surface area (Å²) in [6.07, 6.45) is -11.4. The minimum atomic E-state index is -1.84. The summed E-state index contributed by atoms with van der Waals surface area (Å²) in [5.41, 5.74) is 3.66. The van der Waals surface area contributed by atoms with Gasteiger partial charge in [-0.05, 0) is 40.7 Å². The minimum absolute atomic E-state index is 0.0259. The van der Waals surface area contributed by atoms with Gasteiger partial charge in [0.1, 0.15) is 50.8 Å². The molecule has 0 bridgehead atoms. The third-order valence-electron chi connectivity index (χ3n) is 11.3. The third kappa shape index (κ3) is 14.7. The minimum Gasteiger partial charge on any atom is -0.445 e. The molecule has 2 fully saturated rings. The smallest absolute Gasteiger partial charge is 0.407 e. The Morgan fingerprint density at radius 3 is 1.32 bits per heavy atom. The van der Waals surface area contributed by atoms with Crippen molar-refractivity contribution in [1.29, 1.82) is 0 Å². The number of ether oxygens (including phenoxy) is 7. The first-order chi connectivity index (χ1) is 33.2. The van der Waals surface area contributed by atoms with Crippen LogP contribution in [0.3, 0.4) is 0 Å². The lowest BCUT2D eigenvalue weighted by molar-refractivity contribution is -0.269. The maximum Gasteiger partial charge on any atom is 0.407 e. The van der Waals surface area contributed by atoms with E-state index in [-0.39, 0.29) is 46.0 Å². The van der Waals surface area contributed by atoms with Crippen LogP contribution in [0.4, 0.5) is 19.2 Å². The van der Waals surface area contributed by atoms with Crippen LogP contribution in [0, 0.1) is 0 Å². The van der Waals surface area contributed by atoms with Crippen molar-refractivity contribution in [3.63, 3.8) is 0 Å². The highest BCUT2D eigenvalue weighted by Gasteiger charge is 2.54. The molecule has 1 aliphatic carbocycles. The molecule has 0 radical (unpaired) electrons. The molecule has 358 valence electrons. The number of aliphatic hydroxyl groups excluding tert-OH is 2. The van der Waals surface area contributed by atoms with Crippen molar-refractivity contribution in [2.45, 2.75) is 101 Å². The number of rotatable bonds is 18. The molecule has 1 heterocycles. The number of carbonyl (C=O) groups excluding carboxylic acids is 4. The first kappa shape index (κ1) is 48.9. The van der Waals surface area contributed by atoms with Gasteiger partial charge in [0.05, 0.1) is 30.8 Å². The summed E-state index contributed by atoms with van der Waals surface area (Å²) in [6, 6.07) is 41.6. The van der Waals surface area contributed by atoms with E-state index in [1.807, 2.05) is 91.0 Å². The Bertz CT molecular complexity index is 2320. The predicted octanol–water partition coefficient (Wildman–Crippen LogP) is 6.01. The predicted molar refractivity (Wildman–Crippen MR) is 245 cm³/mol. The number of aliphatic hydroxyl groups is 2. The summed E-state index contributed by atoms with van der Waals surface area (Å²) in [4.78, 5) is 53.4. The molecule has 1 saturated carbocycles. The number of amides is 4. The van der Waals surface area contributed by atoms with Gasteiger partial charge in [0.15, 0.2) is 6.29 Å². The maximum atomic E-state index is 13.8. The molecule has 5 aromatic carbocycles. The number of hydrogen-bond donors (Lipinski definition) is 6. The van der Waals surface area contributed by atoms with Gasteiger partial charge in [-0.1, -0.05) is 152 Å². The molecule has 1 saturated heterocycles. The Balaban J connectivity index is 1.14. The molecule has 0 spiro atoms. The number of hydrogen-bond acceptors (Lipinski definition) is 13. The number of benzene rings is 5. The van der Waals surface area contributed by atoms with E-state index < -0.39 is 79.3 Å². The van der Waals surface area contributed by atoms with Crippen LogP contribution >= 0.6 is 0 Å². The number of alkyl carbamates (subject to hydrolysis) is 4. The van der Waals surface area contributed by atoms with Gasteiger partial charge >= 0.3 is 24.4 Å². The van der Waals surface area contributed by atoms with E-state index in [1.165, 1.54) is 0 Å². The second-order valence-corrected chi connectivity index (χ2v) is 16.3. The molecule has 0 aromatic heterocycles. The highest BCUT2D eigenvalue weighted by atomic mass is 16.7. The van der Waals surface area contributed by atoms with Crippen LogP contribution in [0.5, 0.6) is 0 Å². The van der Waals surface area contributed by atoms with Crippen molar-refractivity contribution in [2.24, 2.45) is 0 Å². The van der Waals surface area contributed by atoms with Gasteiger partial charge in [0.25, 0.3) is 0 Å². The quantitative estimate of drug-likeness (QED) is 0.0556. The van der Waals surface area contributed by atoms with Crippen LogP contribution in [0.2, 0.25) is 0 Å². The van der Waals surface area contributed by atoms with E-state index in [0.29, 0.717) is 23.1 Å². The summed E-state index contributed by atoms with van der Waals surface area (Å²) in [7, 11) is 0. The SMILES string of the molecule is O=C(NC[C@@H]1CCC(NC(=O)OCc2ccccc2)[C@@H](OC2C(O)[C@@H](O)[C@H](NC(=O)OCc3ccccc3)C(OCc3ccccc3)[C@@H]2NC(=O)OCc2ccccc2)O1)OCc1ccccc1. The van der Waals surface area contributed by atoms with Crippen molar-refractivity contribution in [1.82, 2.24) is 21.3 Å². The van der Waals surface area contributed by atoms with Crippen molar-refractivity contribution in [3.8, 4) is 0 Å². The summed E-state index contributed by atoms with van der Waals surface area (Å²) >= 11 is 0. The monoisotopic (exact) mass is 932 g/mol. The van der Waals surface area contributed by atoms with Gasteiger partial charge in [-0.25, -0.2) is 19.2 Å². The Labute approximate surface area is 394 Å². The fraction of sp³-hybridized carbons (Fsp3) is 0.333. The molecule has 2 aliphatic rings. The summed E-state index contributed by atoms with van der Waals surface area (Å²) in [5, 5.41) is 35.0. The van der Waals surface area contributed by atoms with Gasteiger partial charge < -0.3 is 64.6 Å². The molecule has 6 N–H and O–H groups in total. The lowest BCUT2D eigenvalue weighted by Gasteiger charge is -2.49. The standard InChI is InChI=1S/C51H56N4O13/c56-43-41(54-50(60)65-32-37-22-12-4-13-23-37)45(62-29-34-16-6-1-7-17-34)42(55-51(61)66-33-38-24-14-5-15-25-38)46(44(43)57)68-47-40(53-49(59)64-31-36-20-10-3-11-21-36)27-26-39(67-47)28-52-48(58)63-30-35-18-8-2-9-19-35/h1-25,39-47,56-57H,26-33H2,(H,52,58)(H,53,59)(H,54,60)(H,55,61)/t39-,40?,41-,42-,43-,44?,45?,46?,47+/m0/s1. The molecule has 7 rings (SSSR count). The maximum absolute atomic E-state index is 13.8. The van der Waals surface area contributed by atoms with Crippen molar-refractivity contribution in [2.75, 3.05) is 6.54 Å². The molecule has 17 heteroatoms. The molecule has 17 nitrogen and oxygen atoms in total. The van der Waals surface area contributed by atoms with E-state index in [4.69, 9.17) is 33.2 Å². The van der Waals surface area contributed by atoms with Crippen LogP contribution < -0.4 is 21.3 Å². The molecule has 68 heavy (non-hydrogen) atoms. The Kier molecular flexibility index (Phi) is 18.1. The zero-order valence-electron chi connectivity index (χ0n) is 37.2. The van der Waals surface area contributed by atoms with E-state index >= 15 is 0 Å². The number of carbonyl (C=O) groups is 4. The van der Waals surface area contributed by atoms with Crippen LogP contribution in [-0.2, 0) is 66.2 Å². The van der Waals surface area contributed by atoms with E-state index in [0.717, 1.165) is 11.1 Å². The van der Waals surface area contributed by atoms with Crippen LogP contribution in [-0.4, -0.2) is 96.1 Å². The van der Waals surface area contributed by atoms with Gasteiger partial charge in [0, 0.05) is 6.54 Å².